The predicted octanol–water partition coefficient (Wildman–Crippen LogP) is 2.82. The standard InChI is InChI=1S/C20H22N2O6S/c1-10(2)27-18(24)14-15(19(25)28-11(3)4)22(17(23)16(14)26-5)20-21-12-8-6-7-9-13(12)29-20/h6-11,15H,1-5H3. The van der Waals surface area contributed by atoms with E-state index in [4.69, 9.17) is 14.2 Å². The van der Waals surface area contributed by atoms with Gasteiger partial charge in [-0.15, -0.1) is 0 Å². The smallest absolute Gasteiger partial charge is 0.341 e. The zero-order valence-corrected chi connectivity index (χ0v) is 17.6. The van der Waals surface area contributed by atoms with E-state index in [0.717, 1.165) is 9.60 Å². The summed E-state index contributed by atoms with van der Waals surface area (Å²) in [7, 11) is 1.27. The Morgan fingerprint density at radius 1 is 1.10 bits per heavy atom. The fraction of sp³-hybridized carbons (Fsp3) is 0.400. The molecule has 1 aliphatic rings. The number of anilines is 1. The van der Waals surface area contributed by atoms with Gasteiger partial charge < -0.3 is 14.2 Å². The number of methoxy groups -OCH3 is 1. The first-order valence-corrected chi connectivity index (χ1v) is 9.95. The first-order valence-electron chi connectivity index (χ1n) is 9.13. The lowest BCUT2D eigenvalue weighted by Crippen LogP contribution is -2.44. The van der Waals surface area contributed by atoms with Crippen LogP contribution >= 0.6 is 11.3 Å². The Bertz CT molecular complexity index is 961. The van der Waals surface area contributed by atoms with Crippen LogP contribution in [0.2, 0.25) is 0 Å². The molecule has 1 aromatic heterocycles. The molecule has 0 bridgehead atoms. The van der Waals surface area contributed by atoms with Gasteiger partial charge in [-0.05, 0) is 39.8 Å². The van der Waals surface area contributed by atoms with Gasteiger partial charge in [0.2, 0.25) is 0 Å². The van der Waals surface area contributed by atoms with E-state index < -0.39 is 36.1 Å². The van der Waals surface area contributed by atoms with Crippen molar-refractivity contribution in [2.75, 3.05) is 12.0 Å². The Balaban J connectivity index is 2.12. The van der Waals surface area contributed by atoms with Crippen molar-refractivity contribution in [1.29, 1.82) is 0 Å². The second kappa shape index (κ2) is 8.20. The van der Waals surface area contributed by atoms with E-state index in [1.165, 1.54) is 18.4 Å². The summed E-state index contributed by atoms with van der Waals surface area (Å²) in [5.41, 5.74) is 0.490. The Morgan fingerprint density at radius 3 is 2.34 bits per heavy atom. The molecule has 1 aliphatic heterocycles. The molecule has 9 heteroatoms. The van der Waals surface area contributed by atoms with Crippen LogP contribution in [0, 0.1) is 0 Å². The summed E-state index contributed by atoms with van der Waals surface area (Å²) in [6.07, 6.45) is -0.884. The number of amides is 1. The number of carbonyl (C=O) groups excluding carboxylic acids is 3. The quantitative estimate of drug-likeness (QED) is 0.666. The van der Waals surface area contributed by atoms with Crippen LogP contribution in [-0.2, 0) is 28.6 Å². The van der Waals surface area contributed by atoms with Gasteiger partial charge in [-0.3, -0.25) is 9.69 Å². The van der Waals surface area contributed by atoms with Crippen molar-refractivity contribution in [3.8, 4) is 0 Å². The lowest BCUT2D eigenvalue weighted by molar-refractivity contribution is -0.151. The molecule has 0 N–H and O–H groups in total. The average Bonchev–Trinajstić information content (AvgIpc) is 3.18. The van der Waals surface area contributed by atoms with E-state index >= 15 is 0 Å². The fourth-order valence-corrected chi connectivity index (χ4v) is 3.95. The van der Waals surface area contributed by atoms with Crippen molar-refractivity contribution in [1.82, 2.24) is 4.98 Å². The summed E-state index contributed by atoms with van der Waals surface area (Å²) < 4.78 is 16.6. The summed E-state index contributed by atoms with van der Waals surface area (Å²) in [4.78, 5) is 44.4. The van der Waals surface area contributed by atoms with Gasteiger partial charge in [-0.1, -0.05) is 23.5 Å². The fourth-order valence-electron chi connectivity index (χ4n) is 2.95. The molecule has 0 saturated carbocycles. The van der Waals surface area contributed by atoms with E-state index in [1.54, 1.807) is 33.8 Å². The summed E-state index contributed by atoms with van der Waals surface area (Å²) in [5.74, 6) is -2.46. The topological polar surface area (TPSA) is 95.0 Å². The molecule has 1 amide bonds. The molecule has 0 saturated heterocycles. The molecule has 1 unspecified atom stereocenters. The highest BCUT2D eigenvalue weighted by Crippen LogP contribution is 2.37. The molecular weight excluding hydrogens is 396 g/mol. The summed E-state index contributed by atoms with van der Waals surface area (Å²) in [6, 6.07) is 6.00. The maximum atomic E-state index is 13.1. The number of carbonyl (C=O) groups is 3. The van der Waals surface area contributed by atoms with Gasteiger partial charge in [-0.2, -0.15) is 0 Å². The summed E-state index contributed by atoms with van der Waals surface area (Å²) in [6.45, 7) is 6.72. The Hall–Kier alpha value is -2.94. The van der Waals surface area contributed by atoms with Crippen molar-refractivity contribution in [3.63, 3.8) is 0 Å². The SMILES string of the molecule is COC1=C(C(=O)OC(C)C)C(C(=O)OC(C)C)N(c2nc3ccccc3s2)C1=O. The van der Waals surface area contributed by atoms with Gasteiger partial charge in [0.25, 0.3) is 5.91 Å². The monoisotopic (exact) mass is 418 g/mol. The molecule has 1 atom stereocenters. The van der Waals surface area contributed by atoms with Crippen LogP contribution in [0.5, 0.6) is 0 Å². The minimum atomic E-state index is -1.34. The second-order valence-electron chi connectivity index (χ2n) is 6.93. The molecule has 0 fully saturated rings. The van der Waals surface area contributed by atoms with Crippen molar-refractivity contribution in [3.05, 3.63) is 35.6 Å². The number of hydrogen-bond acceptors (Lipinski definition) is 8. The van der Waals surface area contributed by atoms with Crippen LogP contribution in [0.4, 0.5) is 5.13 Å². The summed E-state index contributed by atoms with van der Waals surface area (Å²) in [5, 5.41) is 0.267. The maximum absolute atomic E-state index is 13.1. The third-order valence-corrected chi connectivity index (χ3v) is 5.06. The van der Waals surface area contributed by atoms with Gasteiger partial charge in [-0.25, -0.2) is 14.6 Å². The number of hydrogen-bond donors (Lipinski definition) is 0. The van der Waals surface area contributed by atoms with Gasteiger partial charge in [0.05, 0.1) is 29.5 Å². The van der Waals surface area contributed by atoms with E-state index in [1.807, 2.05) is 18.2 Å². The minimum Gasteiger partial charge on any atom is -0.491 e. The molecule has 2 heterocycles. The Labute approximate surface area is 172 Å². The molecule has 0 radical (unpaired) electrons. The van der Waals surface area contributed by atoms with Crippen LogP contribution in [0.3, 0.4) is 0 Å². The molecule has 0 aliphatic carbocycles. The molecule has 2 aromatic rings. The first-order chi connectivity index (χ1) is 13.7. The third-order valence-electron chi connectivity index (χ3n) is 4.02. The van der Waals surface area contributed by atoms with Gasteiger partial charge in [0, 0.05) is 0 Å². The maximum Gasteiger partial charge on any atom is 0.341 e. The Morgan fingerprint density at radius 2 is 1.76 bits per heavy atom. The van der Waals surface area contributed by atoms with Crippen molar-refractivity contribution in [2.24, 2.45) is 0 Å². The summed E-state index contributed by atoms with van der Waals surface area (Å²) >= 11 is 1.23. The number of benzene rings is 1. The van der Waals surface area contributed by atoms with Crippen LogP contribution in [-0.4, -0.2) is 48.2 Å². The molecule has 0 spiro atoms. The number of fused-ring (bicyclic) bond motifs is 1. The van der Waals surface area contributed by atoms with Crippen LogP contribution in [0.25, 0.3) is 10.2 Å². The number of nitrogens with zero attached hydrogens (tertiary/aromatic N) is 2. The molecule has 3 rings (SSSR count). The van der Waals surface area contributed by atoms with Gasteiger partial charge >= 0.3 is 11.9 Å². The number of aromatic nitrogens is 1. The highest BCUT2D eigenvalue weighted by Gasteiger charge is 2.51. The largest absolute Gasteiger partial charge is 0.491 e. The highest BCUT2D eigenvalue weighted by atomic mass is 32.1. The molecule has 8 nitrogen and oxygen atoms in total. The lowest BCUT2D eigenvalue weighted by Gasteiger charge is -2.23. The lowest BCUT2D eigenvalue weighted by atomic mass is 10.1. The third kappa shape index (κ3) is 3.95. The number of thiazole rings is 1. The Kier molecular flexibility index (Phi) is 5.88. The van der Waals surface area contributed by atoms with Gasteiger partial charge in [0.1, 0.15) is 5.57 Å². The average molecular weight is 418 g/mol. The predicted molar refractivity (Wildman–Crippen MR) is 107 cm³/mol. The van der Waals surface area contributed by atoms with Crippen LogP contribution in [0.1, 0.15) is 27.7 Å². The minimum absolute atomic E-state index is 0.184. The second-order valence-corrected chi connectivity index (χ2v) is 7.94. The van der Waals surface area contributed by atoms with E-state index in [-0.39, 0.29) is 16.5 Å². The normalized spacial score (nSPS) is 16.9. The van der Waals surface area contributed by atoms with E-state index in [2.05, 4.69) is 4.98 Å². The zero-order valence-electron chi connectivity index (χ0n) is 16.8. The molecule has 154 valence electrons. The van der Waals surface area contributed by atoms with Crippen molar-refractivity contribution in [2.45, 2.75) is 45.9 Å². The molecule has 29 heavy (non-hydrogen) atoms. The molecular formula is C20H22N2O6S. The van der Waals surface area contributed by atoms with Crippen LogP contribution in [0.15, 0.2) is 35.6 Å². The number of para-hydroxylation sites is 1. The van der Waals surface area contributed by atoms with Crippen molar-refractivity contribution < 1.29 is 28.6 Å². The highest BCUT2D eigenvalue weighted by molar-refractivity contribution is 7.22. The van der Waals surface area contributed by atoms with Crippen molar-refractivity contribution >= 4 is 44.5 Å². The van der Waals surface area contributed by atoms with Gasteiger partial charge in [0.15, 0.2) is 16.9 Å². The number of ether oxygens (including phenoxy) is 3. The van der Waals surface area contributed by atoms with E-state index in [9.17, 15) is 14.4 Å². The zero-order chi connectivity index (χ0) is 21.3. The van der Waals surface area contributed by atoms with E-state index in [0.29, 0.717) is 5.52 Å². The first kappa shape index (κ1) is 20.8. The number of rotatable bonds is 6. The molecule has 1 aromatic carbocycles. The van der Waals surface area contributed by atoms with Crippen LogP contribution < -0.4 is 4.90 Å². The number of esters is 2.